The van der Waals surface area contributed by atoms with E-state index in [1.54, 1.807) is 6.07 Å². The van der Waals surface area contributed by atoms with E-state index in [9.17, 15) is 13.2 Å². The predicted molar refractivity (Wildman–Crippen MR) is 65.0 cm³/mol. The van der Waals surface area contributed by atoms with Gasteiger partial charge in [0.2, 0.25) is 0 Å². The fraction of sp³-hybridized carbons (Fsp3) is 0.143. The van der Waals surface area contributed by atoms with Gasteiger partial charge < -0.3 is 10.5 Å². The molecule has 0 fully saturated rings. The first-order chi connectivity index (χ1) is 9.08. The summed E-state index contributed by atoms with van der Waals surface area (Å²) in [4.78, 5) is 0. The standard InChI is InChI=1S/C14H12F3NO/c15-11-2-1-9(7-18)10(3-11)8-19-14-5-12(16)4-13(17)6-14/h1-6H,7-8,18H2. The van der Waals surface area contributed by atoms with E-state index in [1.165, 1.54) is 12.1 Å². The number of halogens is 3. The molecule has 0 heterocycles. The summed E-state index contributed by atoms with van der Waals surface area (Å²) in [6.07, 6.45) is 0. The molecule has 2 N–H and O–H groups in total. The lowest BCUT2D eigenvalue weighted by atomic mass is 10.1. The lowest BCUT2D eigenvalue weighted by Crippen LogP contribution is -2.05. The molecule has 0 saturated heterocycles. The van der Waals surface area contributed by atoms with Gasteiger partial charge in [0, 0.05) is 24.7 Å². The second-order valence-electron chi connectivity index (χ2n) is 4.01. The van der Waals surface area contributed by atoms with E-state index in [0.717, 1.165) is 23.8 Å². The van der Waals surface area contributed by atoms with Crippen LogP contribution in [0.4, 0.5) is 13.2 Å². The third-order valence-electron chi connectivity index (χ3n) is 2.62. The van der Waals surface area contributed by atoms with Crippen molar-refractivity contribution in [2.45, 2.75) is 13.2 Å². The molecule has 0 aliphatic carbocycles. The number of rotatable bonds is 4. The molecule has 19 heavy (non-hydrogen) atoms. The summed E-state index contributed by atoms with van der Waals surface area (Å²) in [5, 5.41) is 0. The van der Waals surface area contributed by atoms with Gasteiger partial charge >= 0.3 is 0 Å². The molecule has 0 atom stereocenters. The second-order valence-corrected chi connectivity index (χ2v) is 4.01. The Balaban J connectivity index is 2.16. The molecule has 100 valence electrons. The minimum Gasteiger partial charge on any atom is -0.489 e. The molecule has 0 aliphatic heterocycles. The van der Waals surface area contributed by atoms with Crippen LogP contribution >= 0.6 is 0 Å². The lowest BCUT2D eigenvalue weighted by Gasteiger charge is -2.10. The summed E-state index contributed by atoms with van der Waals surface area (Å²) in [6.45, 7) is 0.226. The Morgan fingerprint density at radius 3 is 2.16 bits per heavy atom. The molecule has 0 radical (unpaired) electrons. The summed E-state index contributed by atoms with van der Waals surface area (Å²) < 4.78 is 44.3. The van der Waals surface area contributed by atoms with Gasteiger partial charge in [-0.15, -0.1) is 0 Å². The molecule has 2 aromatic rings. The summed E-state index contributed by atoms with van der Waals surface area (Å²) in [7, 11) is 0. The van der Waals surface area contributed by atoms with Gasteiger partial charge in [-0.05, 0) is 23.3 Å². The highest BCUT2D eigenvalue weighted by Gasteiger charge is 2.06. The van der Waals surface area contributed by atoms with E-state index in [4.69, 9.17) is 10.5 Å². The SMILES string of the molecule is NCc1ccc(F)cc1COc1cc(F)cc(F)c1. The van der Waals surface area contributed by atoms with Crippen molar-refractivity contribution in [2.75, 3.05) is 0 Å². The van der Waals surface area contributed by atoms with E-state index in [1.807, 2.05) is 0 Å². The van der Waals surface area contributed by atoms with Crippen molar-refractivity contribution in [3.63, 3.8) is 0 Å². The van der Waals surface area contributed by atoms with Crippen LogP contribution in [-0.4, -0.2) is 0 Å². The number of nitrogens with two attached hydrogens (primary N) is 1. The van der Waals surface area contributed by atoms with Gasteiger partial charge in [-0.3, -0.25) is 0 Å². The van der Waals surface area contributed by atoms with Gasteiger partial charge in [-0.2, -0.15) is 0 Å². The number of benzene rings is 2. The van der Waals surface area contributed by atoms with E-state index < -0.39 is 17.5 Å². The Bertz CT molecular complexity index is 567. The van der Waals surface area contributed by atoms with Crippen molar-refractivity contribution < 1.29 is 17.9 Å². The summed E-state index contributed by atoms with van der Waals surface area (Å²) in [5.41, 5.74) is 6.79. The Labute approximate surface area is 108 Å². The van der Waals surface area contributed by atoms with Crippen LogP contribution in [0.5, 0.6) is 5.75 Å². The minimum atomic E-state index is -0.728. The van der Waals surface area contributed by atoms with Crippen molar-refractivity contribution in [2.24, 2.45) is 5.73 Å². The second kappa shape index (κ2) is 5.75. The summed E-state index contributed by atoms with van der Waals surface area (Å²) in [6, 6.07) is 7.01. The van der Waals surface area contributed by atoms with Gasteiger partial charge in [0.25, 0.3) is 0 Å². The first kappa shape index (κ1) is 13.4. The molecule has 5 heteroatoms. The average molecular weight is 267 g/mol. The van der Waals surface area contributed by atoms with Crippen LogP contribution in [0.3, 0.4) is 0 Å². The molecular formula is C14H12F3NO. The van der Waals surface area contributed by atoms with Crippen LogP contribution in [0.15, 0.2) is 36.4 Å². The van der Waals surface area contributed by atoms with Crippen LogP contribution in [0.25, 0.3) is 0 Å². The van der Waals surface area contributed by atoms with Crippen LogP contribution in [-0.2, 0) is 13.2 Å². The molecule has 0 aromatic heterocycles. The fourth-order valence-corrected chi connectivity index (χ4v) is 1.70. The number of hydrogen-bond acceptors (Lipinski definition) is 2. The Kier molecular flexibility index (Phi) is 4.06. The maximum absolute atomic E-state index is 13.1. The van der Waals surface area contributed by atoms with Crippen LogP contribution in [0.1, 0.15) is 11.1 Å². The molecule has 0 unspecified atom stereocenters. The molecule has 0 saturated carbocycles. The quantitative estimate of drug-likeness (QED) is 0.923. The van der Waals surface area contributed by atoms with Gasteiger partial charge in [0.05, 0.1) is 0 Å². The molecule has 0 aliphatic rings. The highest BCUT2D eigenvalue weighted by Crippen LogP contribution is 2.18. The van der Waals surface area contributed by atoms with E-state index in [2.05, 4.69) is 0 Å². The molecule has 2 rings (SSSR count). The highest BCUT2D eigenvalue weighted by molar-refractivity contribution is 5.29. The Hall–Kier alpha value is -2.01. The fourth-order valence-electron chi connectivity index (χ4n) is 1.70. The van der Waals surface area contributed by atoms with Gasteiger partial charge in [0.1, 0.15) is 29.8 Å². The van der Waals surface area contributed by atoms with Gasteiger partial charge in [0.15, 0.2) is 0 Å². The van der Waals surface area contributed by atoms with E-state index >= 15 is 0 Å². The molecule has 0 spiro atoms. The zero-order valence-electron chi connectivity index (χ0n) is 10.00. The Morgan fingerprint density at radius 1 is 0.842 bits per heavy atom. The van der Waals surface area contributed by atoms with Crippen molar-refractivity contribution in [3.05, 3.63) is 65.0 Å². The smallest absolute Gasteiger partial charge is 0.129 e. The molecule has 2 aromatic carbocycles. The maximum Gasteiger partial charge on any atom is 0.129 e. The topological polar surface area (TPSA) is 35.2 Å². The van der Waals surface area contributed by atoms with Crippen LogP contribution < -0.4 is 10.5 Å². The van der Waals surface area contributed by atoms with Crippen LogP contribution in [0, 0.1) is 17.5 Å². The van der Waals surface area contributed by atoms with E-state index in [0.29, 0.717) is 5.56 Å². The van der Waals surface area contributed by atoms with Gasteiger partial charge in [-0.25, -0.2) is 13.2 Å². The third kappa shape index (κ3) is 3.48. The predicted octanol–water partition coefficient (Wildman–Crippen LogP) is 3.14. The zero-order chi connectivity index (χ0) is 13.8. The zero-order valence-corrected chi connectivity index (χ0v) is 10.00. The normalized spacial score (nSPS) is 10.5. The summed E-state index contributed by atoms with van der Waals surface area (Å²) in [5.74, 6) is -1.83. The Morgan fingerprint density at radius 2 is 1.53 bits per heavy atom. The number of hydrogen-bond donors (Lipinski definition) is 1. The van der Waals surface area contributed by atoms with Crippen molar-refractivity contribution in [1.82, 2.24) is 0 Å². The molecule has 0 bridgehead atoms. The average Bonchev–Trinajstić information content (AvgIpc) is 2.35. The van der Waals surface area contributed by atoms with Gasteiger partial charge in [-0.1, -0.05) is 6.07 Å². The van der Waals surface area contributed by atoms with Crippen molar-refractivity contribution in [1.29, 1.82) is 0 Å². The largest absolute Gasteiger partial charge is 0.489 e. The van der Waals surface area contributed by atoms with Crippen LogP contribution in [0.2, 0.25) is 0 Å². The lowest BCUT2D eigenvalue weighted by molar-refractivity contribution is 0.301. The van der Waals surface area contributed by atoms with Crippen molar-refractivity contribution in [3.8, 4) is 5.75 Å². The summed E-state index contributed by atoms with van der Waals surface area (Å²) >= 11 is 0. The van der Waals surface area contributed by atoms with E-state index in [-0.39, 0.29) is 18.9 Å². The first-order valence-corrected chi connectivity index (χ1v) is 5.65. The first-order valence-electron chi connectivity index (χ1n) is 5.65. The minimum absolute atomic E-state index is 0.00676. The highest BCUT2D eigenvalue weighted by atomic mass is 19.1. The third-order valence-corrected chi connectivity index (χ3v) is 2.62. The van der Waals surface area contributed by atoms with Crippen molar-refractivity contribution >= 4 is 0 Å². The molecule has 0 amide bonds. The maximum atomic E-state index is 13.1. The monoisotopic (exact) mass is 267 g/mol. The number of ether oxygens (including phenoxy) is 1. The molecular weight excluding hydrogens is 255 g/mol. The molecule has 2 nitrogen and oxygen atoms in total.